The summed E-state index contributed by atoms with van der Waals surface area (Å²) in [6, 6.07) is 11.8. The molecule has 2 heterocycles. The van der Waals surface area contributed by atoms with E-state index in [1.807, 2.05) is 55.4 Å². The molecule has 136 valence electrons. The molecule has 1 aliphatic carbocycles. The lowest BCUT2D eigenvalue weighted by molar-refractivity contribution is -0.140. The van der Waals surface area contributed by atoms with E-state index < -0.39 is 0 Å². The molecule has 2 aliphatic rings. The molecule has 0 spiro atoms. The standard InChI is InChI=1S/C21H25N3O2/c1-23(14-21-12-5-8-18(21)24(2)19(25)11-13-21)20(26)17-10-9-15-6-3-4-7-16(15)22-17/h3-4,6-7,9-10,18H,5,8,11-14H2,1-2H3/t18-,21+/m1/s1. The lowest BCUT2D eigenvalue weighted by Gasteiger charge is -2.46. The van der Waals surface area contributed by atoms with E-state index in [1.54, 1.807) is 4.90 Å². The summed E-state index contributed by atoms with van der Waals surface area (Å²) in [6.45, 7) is 0.683. The minimum Gasteiger partial charge on any atom is -0.342 e. The van der Waals surface area contributed by atoms with Crippen molar-refractivity contribution in [1.29, 1.82) is 0 Å². The van der Waals surface area contributed by atoms with Crippen LogP contribution < -0.4 is 0 Å². The molecule has 2 aromatic rings. The molecule has 0 bridgehead atoms. The number of carbonyl (C=O) groups excluding carboxylic acids is 2. The first-order valence-corrected chi connectivity index (χ1v) is 9.37. The Hall–Kier alpha value is -2.43. The molecule has 0 unspecified atom stereocenters. The number of pyridine rings is 1. The average Bonchev–Trinajstić information content (AvgIpc) is 3.08. The molecule has 0 radical (unpaired) electrons. The van der Waals surface area contributed by atoms with Crippen LogP contribution in [-0.4, -0.2) is 53.3 Å². The normalized spacial score (nSPS) is 25.4. The molecule has 1 saturated heterocycles. The van der Waals surface area contributed by atoms with Crippen LogP contribution in [-0.2, 0) is 4.79 Å². The molecule has 1 aliphatic heterocycles. The summed E-state index contributed by atoms with van der Waals surface area (Å²) in [5.74, 6) is 0.188. The van der Waals surface area contributed by atoms with Crippen molar-refractivity contribution in [2.75, 3.05) is 20.6 Å². The molecular weight excluding hydrogens is 326 g/mol. The van der Waals surface area contributed by atoms with Gasteiger partial charge in [0.2, 0.25) is 5.91 Å². The van der Waals surface area contributed by atoms with Crippen molar-refractivity contribution in [1.82, 2.24) is 14.8 Å². The van der Waals surface area contributed by atoms with Gasteiger partial charge in [0.15, 0.2) is 0 Å². The zero-order valence-electron chi connectivity index (χ0n) is 15.4. The molecule has 2 amide bonds. The third kappa shape index (κ3) is 2.75. The summed E-state index contributed by atoms with van der Waals surface area (Å²) >= 11 is 0. The first-order chi connectivity index (χ1) is 12.5. The highest BCUT2D eigenvalue weighted by molar-refractivity contribution is 5.94. The highest BCUT2D eigenvalue weighted by Crippen LogP contribution is 2.48. The van der Waals surface area contributed by atoms with Crippen LogP contribution in [0.1, 0.15) is 42.6 Å². The fourth-order valence-corrected chi connectivity index (χ4v) is 4.91. The number of hydrogen-bond donors (Lipinski definition) is 0. The lowest BCUT2D eigenvalue weighted by Crippen LogP contribution is -2.54. The van der Waals surface area contributed by atoms with E-state index in [4.69, 9.17) is 0 Å². The number of carbonyl (C=O) groups is 2. The second-order valence-electron chi connectivity index (χ2n) is 7.83. The van der Waals surface area contributed by atoms with Crippen LogP contribution in [0.2, 0.25) is 0 Å². The van der Waals surface area contributed by atoms with Gasteiger partial charge in [-0.15, -0.1) is 0 Å². The van der Waals surface area contributed by atoms with E-state index in [9.17, 15) is 9.59 Å². The maximum atomic E-state index is 13.0. The predicted octanol–water partition coefficient (Wildman–Crippen LogP) is 3.10. The Balaban J connectivity index is 1.56. The topological polar surface area (TPSA) is 53.5 Å². The molecule has 0 N–H and O–H groups in total. The molecule has 1 saturated carbocycles. The maximum Gasteiger partial charge on any atom is 0.272 e. The average molecular weight is 351 g/mol. The van der Waals surface area contributed by atoms with Crippen molar-refractivity contribution in [2.45, 2.75) is 38.1 Å². The van der Waals surface area contributed by atoms with Gasteiger partial charge in [0, 0.05) is 43.9 Å². The SMILES string of the molecule is CN(C[C@@]12CCC[C@H]1N(C)C(=O)CC2)C(=O)c1ccc2ccccc2n1. The molecular formula is C21H25N3O2. The summed E-state index contributed by atoms with van der Waals surface area (Å²) in [7, 11) is 3.78. The smallest absolute Gasteiger partial charge is 0.272 e. The van der Waals surface area contributed by atoms with Crippen LogP contribution in [0.25, 0.3) is 10.9 Å². The van der Waals surface area contributed by atoms with Gasteiger partial charge in [-0.05, 0) is 31.4 Å². The third-order valence-corrected chi connectivity index (χ3v) is 6.27. The van der Waals surface area contributed by atoms with E-state index in [2.05, 4.69) is 4.98 Å². The van der Waals surface area contributed by atoms with Crippen LogP contribution in [0.3, 0.4) is 0 Å². The summed E-state index contributed by atoms with van der Waals surface area (Å²) in [5, 5.41) is 1.04. The number of amides is 2. The molecule has 2 fully saturated rings. The van der Waals surface area contributed by atoms with Crippen LogP contribution in [0.5, 0.6) is 0 Å². The van der Waals surface area contributed by atoms with Crippen LogP contribution in [0.4, 0.5) is 0 Å². The molecule has 26 heavy (non-hydrogen) atoms. The quantitative estimate of drug-likeness (QED) is 0.854. The van der Waals surface area contributed by atoms with Gasteiger partial charge in [-0.2, -0.15) is 0 Å². The number of nitrogens with zero attached hydrogens (tertiary/aromatic N) is 3. The van der Waals surface area contributed by atoms with E-state index in [0.29, 0.717) is 18.7 Å². The van der Waals surface area contributed by atoms with Crippen molar-refractivity contribution in [2.24, 2.45) is 5.41 Å². The Morgan fingerprint density at radius 2 is 2.08 bits per heavy atom. The van der Waals surface area contributed by atoms with Crippen molar-refractivity contribution in [3.8, 4) is 0 Å². The second kappa shape index (κ2) is 6.38. The summed E-state index contributed by atoms with van der Waals surface area (Å²) in [6.07, 6.45) is 4.71. The molecule has 5 heteroatoms. The molecule has 2 atom stereocenters. The van der Waals surface area contributed by atoms with Crippen LogP contribution in [0, 0.1) is 5.41 Å². The number of fused-ring (bicyclic) bond motifs is 2. The van der Waals surface area contributed by atoms with Crippen molar-refractivity contribution in [3.63, 3.8) is 0 Å². The number of hydrogen-bond acceptors (Lipinski definition) is 3. The Morgan fingerprint density at radius 1 is 1.27 bits per heavy atom. The number of rotatable bonds is 3. The largest absolute Gasteiger partial charge is 0.342 e. The maximum absolute atomic E-state index is 13.0. The Labute approximate surface area is 154 Å². The molecule has 1 aromatic heterocycles. The third-order valence-electron chi connectivity index (χ3n) is 6.27. The molecule has 1 aromatic carbocycles. The van der Waals surface area contributed by atoms with Gasteiger partial charge in [-0.3, -0.25) is 9.59 Å². The van der Waals surface area contributed by atoms with E-state index in [0.717, 1.165) is 36.6 Å². The number of aromatic nitrogens is 1. The highest BCUT2D eigenvalue weighted by Gasteiger charge is 2.49. The number of piperidine rings is 1. The van der Waals surface area contributed by atoms with E-state index in [1.165, 1.54) is 0 Å². The zero-order chi connectivity index (χ0) is 18.3. The number of benzene rings is 1. The minimum absolute atomic E-state index is 0.0317. The van der Waals surface area contributed by atoms with E-state index >= 15 is 0 Å². The Kier molecular flexibility index (Phi) is 4.17. The monoisotopic (exact) mass is 351 g/mol. The van der Waals surface area contributed by atoms with Gasteiger partial charge in [0.05, 0.1) is 5.52 Å². The van der Waals surface area contributed by atoms with E-state index in [-0.39, 0.29) is 23.3 Å². The highest BCUT2D eigenvalue weighted by atomic mass is 16.2. The van der Waals surface area contributed by atoms with Gasteiger partial charge >= 0.3 is 0 Å². The molecule has 5 nitrogen and oxygen atoms in total. The lowest BCUT2D eigenvalue weighted by atomic mass is 9.74. The zero-order valence-corrected chi connectivity index (χ0v) is 15.4. The van der Waals surface area contributed by atoms with Gasteiger partial charge in [0.25, 0.3) is 5.91 Å². The van der Waals surface area contributed by atoms with Crippen molar-refractivity contribution in [3.05, 3.63) is 42.1 Å². The predicted molar refractivity (Wildman–Crippen MR) is 101 cm³/mol. The fourth-order valence-electron chi connectivity index (χ4n) is 4.91. The Bertz CT molecular complexity index is 865. The van der Waals surface area contributed by atoms with Crippen molar-refractivity contribution < 1.29 is 9.59 Å². The Morgan fingerprint density at radius 3 is 2.92 bits per heavy atom. The van der Waals surface area contributed by atoms with Gasteiger partial charge in [-0.1, -0.05) is 30.7 Å². The van der Waals surface area contributed by atoms with Crippen LogP contribution in [0.15, 0.2) is 36.4 Å². The van der Waals surface area contributed by atoms with Gasteiger partial charge in [0.1, 0.15) is 5.69 Å². The number of likely N-dealkylation sites (tertiary alicyclic amines) is 1. The summed E-state index contributed by atoms with van der Waals surface area (Å²) < 4.78 is 0. The van der Waals surface area contributed by atoms with Crippen LogP contribution >= 0.6 is 0 Å². The minimum atomic E-state index is -0.0460. The second-order valence-corrected chi connectivity index (χ2v) is 7.83. The first-order valence-electron chi connectivity index (χ1n) is 9.37. The fraction of sp³-hybridized carbons (Fsp3) is 0.476. The van der Waals surface area contributed by atoms with Crippen molar-refractivity contribution >= 4 is 22.7 Å². The first kappa shape index (κ1) is 17.0. The van der Waals surface area contributed by atoms with Gasteiger partial charge in [-0.25, -0.2) is 4.98 Å². The summed E-state index contributed by atoms with van der Waals surface area (Å²) in [4.78, 5) is 33.3. The van der Waals surface area contributed by atoms with Gasteiger partial charge < -0.3 is 9.80 Å². The molecule has 4 rings (SSSR count). The number of para-hydroxylation sites is 1. The summed E-state index contributed by atoms with van der Waals surface area (Å²) in [5.41, 5.74) is 1.35.